The average molecular weight is 478 g/mol. The Morgan fingerprint density at radius 1 is 0.941 bits per heavy atom. The quantitative estimate of drug-likeness (QED) is 0.267. The summed E-state index contributed by atoms with van der Waals surface area (Å²) in [5, 5.41) is 0. The van der Waals surface area contributed by atoms with Gasteiger partial charge in [0.05, 0.1) is 13.2 Å². The van der Waals surface area contributed by atoms with Gasteiger partial charge in [0.1, 0.15) is 17.3 Å². The van der Waals surface area contributed by atoms with Crippen molar-refractivity contribution in [2.45, 2.75) is 32.6 Å². The number of amides is 1. The molecule has 4 rings (SSSR count). The third-order valence-electron chi connectivity index (χ3n) is 6.12. The van der Waals surface area contributed by atoms with Crippen LogP contribution >= 0.6 is 0 Å². The summed E-state index contributed by atoms with van der Waals surface area (Å²) in [6.45, 7) is 9.67. The predicted molar refractivity (Wildman–Crippen MR) is 133 cm³/mol. The molecular weight excluding hydrogens is 450 g/mol. The Hall–Kier alpha value is -3.58. The molecule has 3 aromatic carbocycles. The first-order valence-corrected chi connectivity index (χ1v) is 12.4. The maximum atomic E-state index is 12.8. The molecule has 0 aromatic heterocycles. The lowest BCUT2D eigenvalue weighted by Gasteiger charge is -2.43. The second-order valence-corrected chi connectivity index (χ2v) is 10.1. The van der Waals surface area contributed by atoms with Crippen LogP contribution in [0.4, 0.5) is 5.69 Å². The molecule has 34 heavy (non-hydrogen) atoms. The van der Waals surface area contributed by atoms with Crippen LogP contribution in [0.1, 0.15) is 33.9 Å². The highest BCUT2D eigenvalue weighted by molar-refractivity contribution is 7.86. The largest absolute Gasteiger partial charge is 0.496 e. The fourth-order valence-electron chi connectivity index (χ4n) is 4.08. The minimum atomic E-state index is -3.87. The molecule has 1 heterocycles. The molecule has 1 atom stereocenters. The van der Waals surface area contributed by atoms with Crippen molar-refractivity contribution in [3.05, 3.63) is 101 Å². The van der Waals surface area contributed by atoms with Crippen LogP contribution in [0, 0.1) is 20.8 Å². The van der Waals surface area contributed by atoms with Gasteiger partial charge in [0, 0.05) is 17.3 Å². The predicted octanol–water partition coefficient (Wildman–Crippen LogP) is 5.17. The summed E-state index contributed by atoms with van der Waals surface area (Å²) in [6.07, 6.45) is 0. The number of methoxy groups -OCH3 is 1. The first-order chi connectivity index (χ1) is 16.1. The fourth-order valence-corrected chi connectivity index (χ4v) is 5.19. The van der Waals surface area contributed by atoms with Crippen molar-refractivity contribution in [3.63, 3.8) is 0 Å². The molecule has 176 valence electrons. The van der Waals surface area contributed by atoms with Gasteiger partial charge >= 0.3 is 10.1 Å². The van der Waals surface area contributed by atoms with Crippen molar-refractivity contribution in [1.82, 2.24) is 0 Å². The van der Waals surface area contributed by atoms with Crippen LogP contribution in [-0.4, -0.2) is 21.4 Å². The van der Waals surface area contributed by atoms with Crippen molar-refractivity contribution in [2.75, 3.05) is 12.0 Å². The normalized spacial score (nSPS) is 15.8. The van der Waals surface area contributed by atoms with Crippen LogP contribution in [0.25, 0.3) is 0 Å². The SMILES string of the molecule is C=C1C(=O)N(c2cc(C)c(C)c(OC)c2)[C@H]1c1ccc(C)c(OS(=O)(=O)Cc2ccccc2)c1. The molecule has 0 unspecified atom stereocenters. The molecule has 1 saturated heterocycles. The molecule has 0 bridgehead atoms. The third-order valence-corrected chi connectivity index (χ3v) is 7.24. The van der Waals surface area contributed by atoms with Gasteiger partial charge in [-0.25, -0.2) is 0 Å². The number of aryl methyl sites for hydroxylation is 2. The lowest BCUT2D eigenvalue weighted by Crippen LogP contribution is -2.48. The highest BCUT2D eigenvalue weighted by atomic mass is 32.2. The van der Waals surface area contributed by atoms with Gasteiger partial charge in [-0.2, -0.15) is 8.42 Å². The van der Waals surface area contributed by atoms with Gasteiger partial charge in [0.25, 0.3) is 5.91 Å². The fraction of sp³-hybridized carbons (Fsp3) is 0.222. The Bertz CT molecular complexity index is 1380. The number of hydrogen-bond acceptors (Lipinski definition) is 5. The van der Waals surface area contributed by atoms with E-state index in [9.17, 15) is 13.2 Å². The second-order valence-electron chi connectivity index (χ2n) is 8.49. The van der Waals surface area contributed by atoms with Gasteiger partial charge in [-0.1, -0.05) is 49.0 Å². The van der Waals surface area contributed by atoms with Crippen LogP contribution in [0.3, 0.4) is 0 Å². The van der Waals surface area contributed by atoms with E-state index in [4.69, 9.17) is 8.92 Å². The van der Waals surface area contributed by atoms with Crippen LogP contribution in [-0.2, 0) is 20.7 Å². The van der Waals surface area contributed by atoms with E-state index in [0.29, 0.717) is 28.1 Å². The van der Waals surface area contributed by atoms with Crippen molar-refractivity contribution >= 4 is 21.7 Å². The van der Waals surface area contributed by atoms with E-state index >= 15 is 0 Å². The lowest BCUT2D eigenvalue weighted by molar-refractivity contribution is -0.119. The molecule has 3 aromatic rings. The molecule has 0 saturated carbocycles. The van der Waals surface area contributed by atoms with Crippen molar-refractivity contribution in [1.29, 1.82) is 0 Å². The van der Waals surface area contributed by atoms with E-state index in [-0.39, 0.29) is 17.4 Å². The van der Waals surface area contributed by atoms with Gasteiger partial charge < -0.3 is 8.92 Å². The van der Waals surface area contributed by atoms with E-state index < -0.39 is 16.2 Å². The Morgan fingerprint density at radius 3 is 2.32 bits per heavy atom. The number of ether oxygens (including phenoxy) is 1. The Labute approximate surface area is 200 Å². The monoisotopic (exact) mass is 477 g/mol. The zero-order chi connectivity index (χ0) is 24.6. The zero-order valence-electron chi connectivity index (χ0n) is 19.7. The number of rotatable bonds is 7. The van der Waals surface area contributed by atoms with Crippen molar-refractivity contribution in [3.8, 4) is 11.5 Å². The Kier molecular flexibility index (Phi) is 6.23. The summed E-state index contributed by atoms with van der Waals surface area (Å²) in [7, 11) is -2.27. The van der Waals surface area contributed by atoms with Crippen LogP contribution in [0.15, 0.2) is 72.8 Å². The molecule has 1 aliphatic heterocycles. The topological polar surface area (TPSA) is 72.9 Å². The van der Waals surface area contributed by atoms with Gasteiger partial charge in [0.15, 0.2) is 0 Å². The molecule has 0 N–H and O–H groups in total. The second kappa shape index (κ2) is 8.99. The number of nitrogens with zero attached hydrogens (tertiary/aromatic N) is 1. The molecule has 1 fully saturated rings. The van der Waals surface area contributed by atoms with E-state index in [1.54, 1.807) is 55.3 Å². The minimum absolute atomic E-state index is 0.185. The first-order valence-electron chi connectivity index (χ1n) is 10.9. The Morgan fingerprint density at radius 2 is 1.65 bits per heavy atom. The molecule has 1 amide bonds. The van der Waals surface area contributed by atoms with Gasteiger partial charge in [-0.05, 0) is 60.7 Å². The summed E-state index contributed by atoms with van der Waals surface area (Å²) in [5.41, 5.74) is 5.17. The highest BCUT2D eigenvalue weighted by Crippen LogP contribution is 2.45. The number of benzene rings is 3. The molecule has 0 aliphatic carbocycles. The number of β-lactam (4-membered cyclic amide) rings is 1. The molecule has 0 spiro atoms. The molecule has 1 aliphatic rings. The maximum absolute atomic E-state index is 12.8. The lowest BCUT2D eigenvalue weighted by atomic mass is 9.87. The maximum Gasteiger partial charge on any atom is 0.313 e. The van der Waals surface area contributed by atoms with E-state index in [1.165, 1.54) is 0 Å². The van der Waals surface area contributed by atoms with Gasteiger partial charge in [-0.15, -0.1) is 0 Å². The van der Waals surface area contributed by atoms with Crippen LogP contribution in [0.2, 0.25) is 0 Å². The van der Waals surface area contributed by atoms with E-state index in [0.717, 1.165) is 16.7 Å². The van der Waals surface area contributed by atoms with Crippen LogP contribution < -0.4 is 13.8 Å². The van der Waals surface area contributed by atoms with Crippen LogP contribution in [0.5, 0.6) is 11.5 Å². The minimum Gasteiger partial charge on any atom is -0.496 e. The summed E-state index contributed by atoms with van der Waals surface area (Å²) in [6, 6.07) is 17.5. The van der Waals surface area contributed by atoms with Crippen molar-refractivity contribution in [2.24, 2.45) is 0 Å². The van der Waals surface area contributed by atoms with Gasteiger partial charge in [0.2, 0.25) is 0 Å². The number of anilines is 1. The summed E-state index contributed by atoms with van der Waals surface area (Å²) in [5.74, 6) is 0.507. The van der Waals surface area contributed by atoms with Crippen molar-refractivity contribution < 1.29 is 22.1 Å². The first kappa shape index (κ1) is 23.6. The number of carbonyl (C=O) groups is 1. The third kappa shape index (κ3) is 4.43. The molecule has 6 nitrogen and oxygen atoms in total. The standard InChI is InChI=1S/C27H27NO5S/c1-17-11-12-22(14-24(17)33-34(30,31)16-21-9-7-6-8-10-21)26-20(4)27(29)28(26)23-13-18(2)19(3)25(15-23)32-5/h6-15,26H,4,16H2,1-3,5H3/t26-/m1/s1. The molecule has 0 radical (unpaired) electrons. The summed E-state index contributed by atoms with van der Waals surface area (Å²) < 4.78 is 36.4. The Balaban J connectivity index is 1.66. The molecular formula is C27H27NO5S. The number of hydrogen-bond donors (Lipinski definition) is 0. The smallest absolute Gasteiger partial charge is 0.313 e. The zero-order valence-corrected chi connectivity index (χ0v) is 20.5. The van der Waals surface area contributed by atoms with Gasteiger partial charge in [-0.3, -0.25) is 9.69 Å². The van der Waals surface area contributed by atoms with E-state index in [1.807, 2.05) is 38.1 Å². The van der Waals surface area contributed by atoms with E-state index in [2.05, 4.69) is 6.58 Å². The highest BCUT2D eigenvalue weighted by Gasteiger charge is 2.43. The molecule has 7 heteroatoms. The average Bonchev–Trinajstić information content (AvgIpc) is 2.80. The summed E-state index contributed by atoms with van der Waals surface area (Å²) >= 11 is 0. The number of carbonyl (C=O) groups excluding carboxylic acids is 1. The summed E-state index contributed by atoms with van der Waals surface area (Å²) in [4.78, 5) is 14.4.